The Hall–Kier alpha value is -2.14. The molecule has 0 saturated heterocycles. The lowest BCUT2D eigenvalue weighted by molar-refractivity contribution is 0.113. The second-order valence-electron chi connectivity index (χ2n) is 9.83. The van der Waals surface area contributed by atoms with E-state index in [0.717, 1.165) is 47.3 Å². The van der Waals surface area contributed by atoms with E-state index < -0.39 is 11.6 Å². The summed E-state index contributed by atoms with van der Waals surface area (Å²) in [4.78, 5) is 0. The van der Waals surface area contributed by atoms with E-state index in [1.807, 2.05) is 31.2 Å². The van der Waals surface area contributed by atoms with Gasteiger partial charge in [-0.2, -0.15) is 0 Å². The average Bonchev–Trinajstić information content (AvgIpc) is 2.77. The first-order valence-electron chi connectivity index (χ1n) is 12.1. The van der Waals surface area contributed by atoms with Gasteiger partial charge in [-0.05, 0) is 92.5 Å². The van der Waals surface area contributed by atoms with Gasteiger partial charge in [0.05, 0.1) is 5.56 Å². The number of hydrogen-bond acceptors (Lipinski definition) is 0. The first kappa shape index (κ1) is 22.1. The Morgan fingerprint density at radius 3 is 2.26 bits per heavy atom. The van der Waals surface area contributed by atoms with Crippen molar-refractivity contribution in [3.05, 3.63) is 70.3 Å². The van der Waals surface area contributed by atoms with E-state index in [1.54, 1.807) is 12.1 Å². The Balaban J connectivity index is 1.44. The Labute approximate surface area is 186 Å². The van der Waals surface area contributed by atoms with Crippen molar-refractivity contribution in [1.82, 2.24) is 0 Å². The molecular formula is C29H34F2. The third-order valence-electron chi connectivity index (χ3n) is 7.61. The van der Waals surface area contributed by atoms with E-state index in [-0.39, 0.29) is 11.5 Å². The summed E-state index contributed by atoms with van der Waals surface area (Å²) < 4.78 is 29.6. The van der Waals surface area contributed by atoms with Crippen LogP contribution in [-0.2, 0) is 0 Å². The molecule has 0 spiro atoms. The Kier molecular flexibility index (Phi) is 7.11. The molecule has 0 heterocycles. The number of rotatable bonds is 4. The fourth-order valence-corrected chi connectivity index (χ4v) is 5.76. The maximum absolute atomic E-state index is 14.8. The normalized spacial score (nSPS) is 25.4. The summed E-state index contributed by atoms with van der Waals surface area (Å²) in [5, 5.41) is 0. The monoisotopic (exact) mass is 420 g/mol. The van der Waals surface area contributed by atoms with Crippen LogP contribution in [0, 0.1) is 48.2 Å². The molecule has 0 radical (unpaired) electrons. The fraction of sp³-hybridized carbons (Fsp3) is 0.517. The highest BCUT2D eigenvalue weighted by Gasteiger charge is 2.36. The minimum absolute atomic E-state index is 0.116. The highest BCUT2D eigenvalue weighted by molar-refractivity contribution is 5.46. The van der Waals surface area contributed by atoms with E-state index in [2.05, 4.69) is 18.8 Å². The van der Waals surface area contributed by atoms with Gasteiger partial charge in [0.25, 0.3) is 0 Å². The number of benzene rings is 2. The summed E-state index contributed by atoms with van der Waals surface area (Å²) >= 11 is 0. The summed E-state index contributed by atoms with van der Waals surface area (Å²) in [5.41, 5.74) is 2.61. The number of halogens is 2. The molecule has 2 fully saturated rings. The van der Waals surface area contributed by atoms with Crippen molar-refractivity contribution < 1.29 is 8.78 Å². The SMILES string of the molecule is CCCCC1CC[C@@H]2C[C@H](c3cc(F)c(C#Cc4ccc(C)cc4)c(F)c3)CC[C@@H]2C1. The van der Waals surface area contributed by atoms with Crippen molar-refractivity contribution in [2.45, 2.75) is 77.6 Å². The number of aryl methyl sites for hydroxylation is 1. The van der Waals surface area contributed by atoms with Crippen LogP contribution in [-0.4, -0.2) is 0 Å². The lowest BCUT2D eigenvalue weighted by atomic mass is 9.63. The van der Waals surface area contributed by atoms with Gasteiger partial charge < -0.3 is 0 Å². The predicted molar refractivity (Wildman–Crippen MR) is 124 cm³/mol. The van der Waals surface area contributed by atoms with Crippen LogP contribution in [0.4, 0.5) is 8.78 Å². The summed E-state index contributed by atoms with van der Waals surface area (Å²) in [6, 6.07) is 10.7. The molecule has 2 aromatic rings. The predicted octanol–water partition coefficient (Wildman–Crippen LogP) is 8.16. The molecule has 0 nitrogen and oxygen atoms in total. The summed E-state index contributed by atoms with van der Waals surface area (Å²) in [5.74, 6) is 7.28. The fourth-order valence-electron chi connectivity index (χ4n) is 5.76. The van der Waals surface area contributed by atoms with E-state index in [9.17, 15) is 8.78 Å². The second-order valence-corrected chi connectivity index (χ2v) is 9.83. The summed E-state index contributed by atoms with van der Waals surface area (Å²) in [6.07, 6.45) is 11.4. The third-order valence-corrected chi connectivity index (χ3v) is 7.61. The molecule has 2 aliphatic carbocycles. The van der Waals surface area contributed by atoms with Gasteiger partial charge >= 0.3 is 0 Å². The van der Waals surface area contributed by atoms with Gasteiger partial charge in [-0.1, -0.05) is 62.1 Å². The van der Waals surface area contributed by atoms with E-state index >= 15 is 0 Å². The van der Waals surface area contributed by atoms with Crippen molar-refractivity contribution in [2.24, 2.45) is 17.8 Å². The molecule has 0 aromatic heterocycles. The van der Waals surface area contributed by atoms with Crippen LogP contribution in [0.5, 0.6) is 0 Å². The minimum Gasteiger partial charge on any atom is -0.206 e. The molecule has 2 heteroatoms. The van der Waals surface area contributed by atoms with Gasteiger partial charge in [0, 0.05) is 5.56 Å². The van der Waals surface area contributed by atoms with Crippen molar-refractivity contribution in [3.63, 3.8) is 0 Å². The van der Waals surface area contributed by atoms with Crippen molar-refractivity contribution >= 4 is 0 Å². The zero-order valence-electron chi connectivity index (χ0n) is 18.9. The molecule has 0 N–H and O–H groups in total. The molecule has 0 aliphatic heterocycles. The number of hydrogen-bond donors (Lipinski definition) is 0. The van der Waals surface area contributed by atoms with Crippen molar-refractivity contribution in [3.8, 4) is 11.8 Å². The van der Waals surface area contributed by atoms with Crippen LogP contribution >= 0.6 is 0 Å². The molecule has 31 heavy (non-hydrogen) atoms. The van der Waals surface area contributed by atoms with Gasteiger partial charge in [-0.3, -0.25) is 0 Å². The van der Waals surface area contributed by atoms with Gasteiger partial charge in [-0.15, -0.1) is 0 Å². The zero-order valence-corrected chi connectivity index (χ0v) is 18.9. The van der Waals surface area contributed by atoms with Crippen LogP contribution < -0.4 is 0 Å². The molecule has 4 rings (SSSR count). The molecule has 164 valence electrons. The Bertz CT molecular complexity index is 924. The molecular weight excluding hydrogens is 386 g/mol. The van der Waals surface area contributed by atoms with E-state index in [1.165, 1.54) is 44.9 Å². The third kappa shape index (κ3) is 5.38. The average molecular weight is 421 g/mol. The highest BCUT2D eigenvalue weighted by atomic mass is 19.1. The van der Waals surface area contributed by atoms with E-state index in [0.29, 0.717) is 0 Å². The van der Waals surface area contributed by atoms with Gasteiger partial charge in [0.15, 0.2) is 0 Å². The van der Waals surface area contributed by atoms with E-state index in [4.69, 9.17) is 0 Å². The molecule has 0 amide bonds. The highest BCUT2D eigenvalue weighted by Crippen LogP contribution is 2.48. The largest absolute Gasteiger partial charge is 0.206 e. The van der Waals surface area contributed by atoms with Crippen LogP contribution in [0.15, 0.2) is 36.4 Å². The lowest BCUT2D eigenvalue weighted by Gasteiger charge is -2.42. The maximum Gasteiger partial charge on any atom is 0.142 e. The molecule has 2 saturated carbocycles. The topological polar surface area (TPSA) is 0 Å². The molecule has 2 aliphatic rings. The summed E-state index contributed by atoms with van der Waals surface area (Å²) in [6.45, 7) is 4.27. The zero-order chi connectivity index (χ0) is 21.8. The summed E-state index contributed by atoms with van der Waals surface area (Å²) in [7, 11) is 0. The maximum atomic E-state index is 14.8. The quantitative estimate of drug-likeness (QED) is 0.438. The van der Waals surface area contributed by atoms with Crippen LogP contribution in [0.1, 0.15) is 92.9 Å². The first-order valence-corrected chi connectivity index (χ1v) is 12.1. The minimum atomic E-state index is -0.528. The van der Waals surface area contributed by atoms with Gasteiger partial charge in [0.1, 0.15) is 11.6 Å². The standard InChI is InChI=1S/C29H34F2/c1-3-4-5-22-10-12-24-17-25(14-13-23(24)16-22)26-18-28(30)27(29(31)19-26)15-11-21-8-6-20(2)7-9-21/h6-9,18-19,22-25H,3-5,10,12-14,16-17H2,1-2H3/t22?,23-,24-,25-/m1/s1. The Morgan fingerprint density at radius 2 is 1.55 bits per heavy atom. The van der Waals surface area contributed by atoms with Crippen LogP contribution in [0.3, 0.4) is 0 Å². The van der Waals surface area contributed by atoms with Crippen molar-refractivity contribution in [2.75, 3.05) is 0 Å². The molecule has 4 atom stereocenters. The first-order chi connectivity index (χ1) is 15.0. The molecule has 1 unspecified atom stereocenters. The van der Waals surface area contributed by atoms with Crippen LogP contribution in [0.25, 0.3) is 0 Å². The second kappa shape index (κ2) is 9.99. The number of fused-ring (bicyclic) bond motifs is 1. The Morgan fingerprint density at radius 1 is 0.871 bits per heavy atom. The van der Waals surface area contributed by atoms with Gasteiger partial charge in [0.2, 0.25) is 0 Å². The molecule has 0 bridgehead atoms. The lowest BCUT2D eigenvalue weighted by Crippen LogP contribution is -2.30. The van der Waals surface area contributed by atoms with Crippen molar-refractivity contribution in [1.29, 1.82) is 0 Å². The number of unbranched alkanes of at least 4 members (excludes halogenated alkanes) is 1. The smallest absolute Gasteiger partial charge is 0.142 e. The molecule has 2 aromatic carbocycles. The van der Waals surface area contributed by atoms with Crippen LogP contribution in [0.2, 0.25) is 0 Å². The van der Waals surface area contributed by atoms with Gasteiger partial charge in [-0.25, -0.2) is 8.78 Å².